The van der Waals surface area contributed by atoms with Gasteiger partial charge in [-0.15, -0.1) is 0 Å². The summed E-state index contributed by atoms with van der Waals surface area (Å²) in [4.78, 5) is 12.5. The molecule has 1 aromatic carbocycles. The van der Waals surface area contributed by atoms with Gasteiger partial charge >= 0.3 is 0 Å². The fourth-order valence-corrected chi connectivity index (χ4v) is 8.17. The lowest BCUT2D eigenvalue weighted by Crippen LogP contribution is -2.50. The normalized spacial score (nSPS) is 21.4. The maximum absolute atomic E-state index is 13.2. The molecule has 1 aliphatic rings. The number of amides is 1. The van der Waals surface area contributed by atoms with E-state index >= 15 is 0 Å². The van der Waals surface area contributed by atoms with Crippen LogP contribution >= 0.6 is 0 Å². The number of hydrogen-bond acceptors (Lipinski definition) is 9. The van der Waals surface area contributed by atoms with E-state index in [9.17, 15) is 21.6 Å². The summed E-state index contributed by atoms with van der Waals surface area (Å²) in [6.07, 6.45) is -0.0696. The van der Waals surface area contributed by atoms with Crippen LogP contribution in [0.15, 0.2) is 39.8 Å². The van der Waals surface area contributed by atoms with Crippen molar-refractivity contribution in [2.75, 3.05) is 16.8 Å². The molecule has 2 heterocycles. The van der Waals surface area contributed by atoms with Crippen molar-refractivity contribution in [3.63, 3.8) is 0 Å². The highest BCUT2D eigenvalue weighted by atomic mass is 32.2. The summed E-state index contributed by atoms with van der Waals surface area (Å²) >= 11 is 0. The minimum atomic E-state index is -3.99. The average Bonchev–Trinajstić information content (AvgIpc) is 3.23. The second-order valence-electron chi connectivity index (χ2n) is 8.11. The van der Waals surface area contributed by atoms with E-state index in [1.54, 1.807) is 6.92 Å². The first-order chi connectivity index (χ1) is 14.9. The maximum atomic E-state index is 13.2. The minimum absolute atomic E-state index is 0.00215. The Morgan fingerprint density at radius 1 is 1.19 bits per heavy atom. The van der Waals surface area contributed by atoms with Gasteiger partial charge in [0.1, 0.15) is 11.5 Å². The predicted molar refractivity (Wildman–Crippen MR) is 118 cm³/mol. The number of benzene rings is 1. The van der Waals surface area contributed by atoms with Crippen molar-refractivity contribution in [1.29, 1.82) is 0 Å². The van der Waals surface area contributed by atoms with Gasteiger partial charge in [-0.1, -0.05) is 5.16 Å². The standard InChI is InChI=1S/C20H27N3O7S2/c1-12(2)29-15-5-7-16(8-6-15)32(27,28)18-11-31(25,26)10-17(18)21-14(4)20(24)22-19-9-13(3)30-23-19/h5-9,12,14,17-18,21H,10-11H2,1-4H3,(H,22,23,24)/t14-,17-,18-/m0/s1. The maximum Gasteiger partial charge on any atom is 0.242 e. The van der Waals surface area contributed by atoms with Crippen molar-refractivity contribution in [3.05, 3.63) is 36.1 Å². The number of aryl methyl sites for hydroxylation is 1. The monoisotopic (exact) mass is 485 g/mol. The number of nitrogens with one attached hydrogen (secondary N) is 2. The van der Waals surface area contributed by atoms with Gasteiger partial charge < -0.3 is 19.9 Å². The van der Waals surface area contributed by atoms with Crippen molar-refractivity contribution in [3.8, 4) is 5.75 Å². The molecule has 10 nitrogen and oxygen atoms in total. The summed E-state index contributed by atoms with van der Waals surface area (Å²) in [6, 6.07) is 5.59. The van der Waals surface area contributed by atoms with Gasteiger partial charge in [-0.2, -0.15) is 0 Å². The van der Waals surface area contributed by atoms with E-state index in [0.717, 1.165) is 0 Å². The number of sulfone groups is 2. The number of carbonyl (C=O) groups excluding carboxylic acids is 1. The molecule has 1 aromatic heterocycles. The molecular weight excluding hydrogens is 458 g/mol. The van der Waals surface area contributed by atoms with Crippen LogP contribution in [0.25, 0.3) is 0 Å². The Labute approximate surface area is 187 Å². The molecule has 176 valence electrons. The van der Waals surface area contributed by atoms with E-state index in [-0.39, 0.29) is 22.6 Å². The van der Waals surface area contributed by atoms with Crippen LogP contribution in [0.5, 0.6) is 5.75 Å². The first-order valence-corrected chi connectivity index (χ1v) is 13.5. The molecule has 0 spiro atoms. The topological polar surface area (TPSA) is 145 Å². The summed E-state index contributed by atoms with van der Waals surface area (Å²) in [6.45, 7) is 6.90. The number of hydrogen-bond donors (Lipinski definition) is 2. The zero-order valence-corrected chi connectivity index (χ0v) is 19.9. The molecule has 2 N–H and O–H groups in total. The van der Waals surface area contributed by atoms with Crippen molar-refractivity contribution in [2.24, 2.45) is 0 Å². The molecule has 32 heavy (non-hydrogen) atoms. The van der Waals surface area contributed by atoms with E-state index in [4.69, 9.17) is 9.26 Å². The second-order valence-corrected chi connectivity index (χ2v) is 12.4. The molecule has 1 amide bonds. The number of anilines is 1. The highest BCUT2D eigenvalue weighted by Gasteiger charge is 2.46. The van der Waals surface area contributed by atoms with E-state index in [0.29, 0.717) is 11.5 Å². The Hall–Kier alpha value is -2.44. The van der Waals surface area contributed by atoms with E-state index in [2.05, 4.69) is 15.8 Å². The van der Waals surface area contributed by atoms with Crippen LogP contribution in [-0.2, 0) is 24.5 Å². The van der Waals surface area contributed by atoms with E-state index in [1.165, 1.54) is 37.3 Å². The van der Waals surface area contributed by atoms with Crippen LogP contribution in [0.1, 0.15) is 26.5 Å². The summed E-state index contributed by atoms with van der Waals surface area (Å²) in [7, 11) is -7.60. The number of aromatic nitrogens is 1. The lowest BCUT2D eigenvalue weighted by Gasteiger charge is -2.23. The van der Waals surface area contributed by atoms with E-state index in [1.807, 2.05) is 13.8 Å². The van der Waals surface area contributed by atoms with Crippen LogP contribution in [-0.4, -0.2) is 62.8 Å². The Bertz CT molecular complexity index is 1170. The van der Waals surface area contributed by atoms with Crippen LogP contribution in [0, 0.1) is 6.92 Å². The molecule has 12 heteroatoms. The van der Waals surface area contributed by atoms with Gasteiger partial charge in [0, 0.05) is 12.1 Å². The molecule has 3 atom stereocenters. The Morgan fingerprint density at radius 2 is 1.84 bits per heavy atom. The molecule has 0 aliphatic carbocycles. The largest absolute Gasteiger partial charge is 0.491 e. The van der Waals surface area contributed by atoms with Crippen molar-refractivity contribution < 1.29 is 30.9 Å². The summed E-state index contributed by atoms with van der Waals surface area (Å²) in [5.41, 5.74) is 0. The molecule has 0 unspecified atom stereocenters. The lowest BCUT2D eigenvalue weighted by molar-refractivity contribution is -0.118. The Balaban J connectivity index is 1.77. The fourth-order valence-electron chi connectivity index (χ4n) is 3.49. The van der Waals surface area contributed by atoms with Crippen molar-refractivity contribution >= 4 is 31.4 Å². The molecule has 0 saturated carbocycles. The van der Waals surface area contributed by atoms with Gasteiger partial charge in [-0.25, -0.2) is 16.8 Å². The SMILES string of the molecule is Cc1cc(NC(=O)[C@H](C)N[C@H]2CS(=O)(=O)C[C@@H]2S(=O)(=O)c2ccc(OC(C)C)cc2)no1. The minimum Gasteiger partial charge on any atom is -0.491 e. The summed E-state index contributed by atoms with van der Waals surface area (Å²) in [5.74, 6) is -0.151. The molecular formula is C20H27N3O7S2. The first-order valence-electron chi connectivity index (χ1n) is 10.1. The third kappa shape index (κ3) is 5.67. The summed E-state index contributed by atoms with van der Waals surface area (Å²) < 4.78 is 61.5. The smallest absolute Gasteiger partial charge is 0.242 e. The van der Waals surface area contributed by atoms with Crippen LogP contribution in [0.2, 0.25) is 0 Å². The predicted octanol–water partition coefficient (Wildman–Crippen LogP) is 1.33. The number of nitrogens with zero attached hydrogens (tertiary/aromatic N) is 1. The van der Waals surface area contributed by atoms with Gasteiger partial charge in [-0.3, -0.25) is 4.79 Å². The Kier molecular flexibility index (Phi) is 6.96. The van der Waals surface area contributed by atoms with Crippen molar-refractivity contribution in [2.45, 2.75) is 56.0 Å². The quantitative estimate of drug-likeness (QED) is 0.565. The van der Waals surface area contributed by atoms with Crippen LogP contribution in [0.3, 0.4) is 0 Å². The zero-order valence-electron chi connectivity index (χ0n) is 18.2. The fraction of sp³-hybridized carbons (Fsp3) is 0.500. The van der Waals surface area contributed by atoms with Gasteiger partial charge in [0.05, 0.1) is 33.8 Å². The molecule has 0 bridgehead atoms. The number of ether oxygens (including phenoxy) is 1. The van der Waals surface area contributed by atoms with Gasteiger partial charge in [0.2, 0.25) is 5.91 Å². The second kappa shape index (κ2) is 9.20. The molecule has 2 aromatic rings. The average molecular weight is 486 g/mol. The van der Waals surface area contributed by atoms with Gasteiger partial charge in [0.15, 0.2) is 25.5 Å². The molecule has 1 saturated heterocycles. The number of rotatable bonds is 8. The zero-order chi connectivity index (χ0) is 23.7. The highest BCUT2D eigenvalue weighted by Crippen LogP contribution is 2.28. The molecule has 1 aliphatic heterocycles. The lowest BCUT2D eigenvalue weighted by atomic mass is 10.2. The highest BCUT2D eigenvalue weighted by molar-refractivity contribution is 7.96. The molecule has 0 radical (unpaired) electrons. The molecule has 3 rings (SSSR count). The Morgan fingerprint density at radius 3 is 2.41 bits per heavy atom. The van der Waals surface area contributed by atoms with Gasteiger partial charge in [-0.05, 0) is 52.0 Å². The van der Waals surface area contributed by atoms with Crippen LogP contribution < -0.4 is 15.4 Å². The first kappa shape index (κ1) is 24.2. The number of carbonyl (C=O) groups is 1. The van der Waals surface area contributed by atoms with Crippen LogP contribution in [0.4, 0.5) is 5.82 Å². The van der Waals surface area contributed by atoms with Gasteiger partial charge in [0.25, 0.3) is 0 Å². The van der Waals surface area contributed by atoms with Crippen molar-refractivity contribution in [1.82, 2.24) is 10.5 Å². The third-order valence-corrected chi connectivity index (χ3v) is 9.13. The third-order valence-electron chi connectivity index (χ3n) is 4.96. The van der Waals surface area contributed by atoms with E-state index < -0.39 is 48.7 Å². The molecule has 1 fully saturated rings. The summed E-state index contributed by atoms with van der Waals surface area (Å²) in [5, 5.41) is 7.86.